The van der Waals surface area contributed by atoms with Gasteiger partial charge in [-0.2, -0.15) is 0 Å². The van der Waals surface area contributed by atoms with Gasteiger partial charge in [0.05, 0.1) is 11.4 Å². The minimum absolute atomic E-state index is 0. The number of rotatable bonds is 14. The maximum absolute atomic E-state index is 11.2. The number of aliphatic hydroxyl groups is 1. The zero-order valence-electron chi connectivity index (χ0n) is 14.7. The first-order valence-corrected chi connectivity index (χ1v) is 10.0. The van der Waals surface area contributed by atoms with Gasteiger partial charge < -0.3 is 9.66 Å². The molecule has 0 aromatic rings. The summed E-state index contributed by atoms with van der Waals surface area (Å²) in [6.07, 6.45) is 10.4. The fraction of sp³-hybridized carbons (Fsp3) is 1.00. The monoisotopic (exact) mass is 344 g/mol. The first kappa shape index (κ1) is 25.1. The molecule has 6 heteroatoms. The molecule has 2 atom stereocenters. The Hall–Kier alpha value is 0.870. The molecular weight excluding hydrogens is 311 g/mol. The molecule has 2 unspecified atom stereocenters. The maximum Gasteiger partial charge on any atom is 1.00 e. The Morgan fingerprint density at radius 3 is 1.73 bits per heavy atom. The molecule has 22 heavy (non-hydrogen) atoms. The van der Waals surface area contributed by atoms with E-state index in [0.29, 0.717) is 12.8 Å². The van der Waals surface area contributed by atoms with E-state index in [1.165, 1.54) is 32.1 Å². The van der Waals surface area contributed by atoms with E-state index < -0.39 is 21.5 Å². The van der Waals surface area contributed by atoms with Crippen molar-refractivity contribution in [1.82, 2.24) is 0 Å². The first-order valence-electron chi connectivity index (χ1n) is 8.56. The van der Waals surface area contributed by atoms with Gasteiger partial charge >= 0.3 is 29.6 Å². The van der Waals surface area contributed by atoms with Crippen LogP contribution in [0, 0.1) is 0 Å². The number of hydrogen-bond donors (Lipinski definition) is 1. The average Bonchev–Trinajstić information content (AvgIpc) is 2.40. The zero-order valence-corrected chi connectivity index (χ0v) is 17.5. The van der Waals surface area contributed by atoms with Crippen LogP contribution in [0.3, 0.4) is 0 Å². The van der Waals surface area contributed by atoms with Crippen molar-refractivity contribution in [1.29, 1.82) is 0 Å². The first-order chi connectivity index (χ1) is 9.93. The van der Waals surface area contributed by atoms with E-state index in [2.05, 4.69) is 6.92 Å². The van der Waals surface area contributed by atoms with Gasteiger partial charge in [-0.3, -0.25) is 0 Å². The molecule has 1 N–H and O–H groups in total. The van der Waals surface area contributed by atoms with E-state index in [0.717, 1.165) is 25.7 Å². The summed E-state index contributed by atoms with van der Waals surface area (Å²) in [7, 11) is -4.39. The smallest absolute Gasteiger partial charge is 0.748 e. The molecule has 0 aliphatic carbocycles. The second kappa shape index (κ2) is 15.4. The summed E-state index contributed by atoms with van der Waals surface area (Å²) in [6.45, 7) is 4.14. The van der Waals surface area contributed by atoms with E-state index in [9.17, 15) is 18.1 Å². The van der Waals surface area contributed by atoms with E-state index in [4.69, 9.17) is 0 Å². The molecule has 0 fully saturated rings. The summed E-state index contributed by atoms with van der Waals surface area (Å²) in [5, 5.41) is 8.84. The van der Waals surface area contributed by atoms with Crippen LogP contribution in [-0.2, 0) is 10.1 Å². The molecule has 0 rings (SSSR count). The van der Waals surface area contributed by atoms with Crippen molar-refractivity contribution in [2.75, 3.05) is 0 Å². The van der Waals surface area contributed by atoms with Gasteiger partial charge in [0.2, 0.25) is 0 Å². The molecule has 0 aromatic heterocycles. The Bertz CT molecular complexity index is 333. The Morgan fingerprint density at radius 2 is 1.27 bits per heavy atom. The number of hydrogen-bond acceptors (Lipinski definition) is 4. The van der Waals surface area contributed by atoms with Crippen LogP contribution in [0.5, 0.6) is 0 Å². The second-order valence-electron chi connectivity index (χ2n) is 6.00. The van der Waals surface area contributed by atoms with E-state index in [-0.39, 0.29) is 36.0 Å². The number of aliphatic hydroxyl groups excluding tert-OH is 1. The van der Waals surface area contributed by atoms with E-state index in [1.54, 1.807) is 0 Å². The Kier molecular flexibility index (Phi) is 17.6. The van der Waals surface area contributed by atoms with Crippen LogP contribution >= 0.6 is 0 Å². The van der Waals surface area contributed by atoms with Gasteiger partial charge in [-0.05, 0) is 12.8 Å². The van der Waals surface area contributed by atoms with Crippen molar-refractivity contribution in [2.45, 2.75) is 102 Å². The molecule has 0 saturated carbocycles. The van der Waals surface area contributed by atoms with Crippen molar-refractivity contribution in [3.63, 3.8) is 0 Å². The van der Waals surface area contributed by atoms with Crippen LogP contribution < -0.4 is 29.6 Å². The van der Waals surface area contributed by atoms with Gasteiger partial charge in [-0.1, -0.05) is 78.1 Å². The molecule has 128 valence electrons. The van der Waals surface area contributed by atoms with Gasteiger partial charge in [0.15, 0.2) is 0 Å². The van der Waals surface area contributed by atoms with E-state index >= 15 is 0 Å². The summed E-state index contributed by atoms with van der Waals surface area (Å²) in [5.41, 5.74) is 0. The molecule has 0 amide bonds. The molecule has 0 aliphatic rings. The largest absolute Gasteiger partial charge is 1.00 e. The normalized spacial score (nSPS) is 14.4. The predicted molar refractivity (Wildman–Crippen MR) is 86.2 cm³/mol. The fourth-order valence-corrected chi connectivity index (χ4v) is 3.58. The number of unbranched alkanes of at least 4 members (excludes halogenated alkanes) is 8. The molecule has 0 aliphatic heterocycles. The summed E-state index contributed by atoms with van der Waals surface area (Å²) in [4.78, 5) is 0. The summed E-state index contributed by atoms with van der Waals surface area (Å²) in [6, 6.07) is 0. The summed E-state index contributed by atoms with van der Waals surface area (Å²) < 4.78 is 33.6. The van der Waals surface area contributed by atoms with Gasteiger partial charge in [-0.15, -0.1) is 0 Å². The molecule has 0 heterocycles. The summed E-state index contributed by atoms with van der Waals surface area (Å²) in [5.74, 6) is 0. The van der Waals surface area contributed by atoms with Crippen molar-refractivity contribution >= 4 is 10.1 Å². The SMILES string of the molecule is CCCCCCCCCCC(O)C(CCCC)S(=O)(=O)[O-].[Na+]. The van der Waals surface area contributed by atoms with Gasteiger partial charge in [-0.25, -0.2) is 8.42 Å². The average molecular weight is 344 g/mol. The molecule has 0 aromatic carbocycles. The maximum atomic E-state index is 11.2. The molecular formula is C16H33NaO4S. The van der Waals surface area contributed by atoms with Crippen LogP contribution in [0.4, 0.5) is 0 Å². The van der Waals surface area contributed by atoms with Crippen LogP contribution in [0.15, 0.2) is 0 Å². The van der Waals surface area contributed by atoms with Gasteiger partial charge in [0.1, 0.15) is 10.1 Å². The molecule has 0 spiro atoms. The zero-order chi connectivity index (χ0) is 16.1. The van der Waals surface area contributed by atoms with Crippen molar-refractivity contribution in [2.24, 2.45) is 0 Å². The van der Waals surface area contributed by atoms with Crippen LogP contribution in [-0.4, -0.2) is 29.4 Å². The van der Waals surface area contributed by atoms with Crippen molar-refractivity contribution in [3.05, 3.63) is 0 Å². The second-order valence-corrected chi connectivity index (χ2v) is 7.60. The summed E-state index contributed by atoms with van der Waals surface area (Å²) >= 11 is 0. The fourth-order valence-electron chi connectivity index (χ4n) is 2.61. The minimum atomic E-state index is -4.39. The predicted octanol–water partition coefficient (Wildman–Crippen LogP) is 0.986. The standard InChI is InChI=1S/C16H34O4S.Na/c1-3-5-7-8-9-10-11-12-13-15(17)16(14-6-4-2)21(18,19)20;/h15-17H,3-14H2,1-2H3,(H,18,19,20);/q;+1/p-1. The third kappa shape index (κ3) is 13.3. The van der Waals surface area contributed by atoms with Crippen LogP contribution in [0.1, 0.15) is 90.9 Å². The van der Waals surface area contributed by atoms with Gasteiger partial charge in [0, 0.05) is 0 Å². The Balaban J connectivity index is 0. The topological polar surface area (TPSA) is 77.4 Å². The quantitative estimate of drug-likeness (QED) is 0.290. The molecule has 0 bridgehead atoms. The van der Waals surface area contributed by atoms with E-state index in [1.807, 2.05) is 6.92 Å². The molecule has 0 radical (unpaired) electrons. The van der Waals surface area contributed by atoms with Crippen LogP contribution in [0.2, 0.25) is 0 Å². The Morgan fingerprint density at radius 1 is 0.818 bits per heavy atom. The van der Waals surface area contributed by atoms with Crippen molar-refractivity contribution < 1.29 is 47.6 Å². The van der Waals surface area contributed by atoms with Gasteiger partial charge in [0.25, 0.3) is 0 Å². The molecule has 0 saturated heterocycles. The Labute approximate surface area is 159 Å². The molecule has 4 nitrogen and oxygen atoms in total. The van der Waals surface area contributed by atoms with Crippen molar-refractivity contribution in [3.8, 4) is 0 Å². The third-order valence-corrected chi connectivity index (χ3v) is 5.29. The third-order valence-electron chi connectivity index (χ3n) is 4.00. The van der Waals surface area contributed by atoms with Crippen LogP contribution in [0.25, 0.3) is 0 Å². The minimum Gasteiger partial charge on any atom is -0.748 e.